The fourth-order valence-electron chi connectivity index (χ4n) is 2.18. The predicted molar refractivity (Wildman–Crippen MR) is 72.6 cm³/mol. The van der Waals surface area contributed by atoms with E-state index < -0.39 is 18.5 Å². The van der Waals surface area contributed by atoms with Crippen LogP contribution >= 0.6 is 0 Å². The average Bonchev–Trinajstić information content (AvgIpc) is 3.18. The number of alkyl halides is 3. The zero-order valence-electron chi connectivity index (χ0n) is 11.9. The monoisotopic (exact) mass is 305 g/mol. The summed E-state index contributed by atoms with van der Waals surface area (Å²) in [5.41, 5.74) is 0.472. The van der Waals surface area contributed by atoms with Crippen LogP contribution in [0.1, 0.15) is 31.7 Å². The maximum Gasteiger partial charge on any atom is 0.405 e. The number of anilines is 1. The van der Waals surface area contributed by atoms with Gasteiger partial charge in [-0.05, 0) is 25.3 Å². The highest BCUT2D eigenvalue weighted by Gasteiger charge is 2.32. The Morgan fingerprint density at radius 2 is 2.10 bits per heavy atom. The van der Waals surface area contributed by atoms with E-state index in [0.29, 0.717) is 24.6 Å². The molecule has 0 saturated heterocycles. The van der Waals surface area contributed by atoms with Gasteiger partial charge in [-0.2, -0.15) is 13.2 Å². The van der Waals surface area contributed by atoms with Crippen LogP contribution in [0.15, 0.2) is 12.3 Å². The lowest BCUT2D eigenvalue weighted by molar-refractivity contribution is -0.119. The van der Waals surface area contributed by atoms with Crippen molar-refractivity contribution in [3.05, 3.63) is 23.6 Å². The molecule has 0 aliphatic heterocycles. The van der Waals surface area contributed by atoms with Gasteiger partial charge in [-0.1, -0.05) is 6.92 Å². The Kier molecular flexibility index (Phi) is 5.03. The number of hydrogen-bond acceptors (Lipinski definition) is 3. The first kappa shape index (κ1) is 16.0. The molecule has 118 valence electrons. The average molecular weight is 305 g/mol. The second kappa shape index (κ2) is 6.60. The Morgan fingerprint density at radius 1 is 1.38 bits per heavy atom. The van der Waals surface area contributed by atoms with Crippen LogP contribution in [-0.2, 0) is 6.54 Å². The van der Waals surface area contributed by atoms with Gasteiger partial charge in [-0.3, -0.25) is 0 Å². The molecular weight excluding hydrogens is 286 g/mol. The Hall–Kier alpha value is -1.37. The predicted octanol–water partition coefficient (Wildman–Crippen LogP) is 3.25. The van der Waals surface area contributed by atoms with Crippen LogP contribution in [-0.4, -0.2) is 30.3 Å². The minimum atomic E-state index is -4.31. The lowest BCUT2D eigenvalue weighted by Crippen LogP contribution is -2.36. The standard InChI is InChI=1S/C14H19F4N3/c1-2-5-21(9-14(16,17)18)13-10(6-11(15)8-20-13)7-19-12-3-4-12/h6,8,12,19H,2-5,7,9H2,1H3. The summed E-state index contributed by atoms with van der Waals surface area (Å²) in [5, 5.41) is 3.19. The van der Waals surface area contributed by atoms with Crippen LogP contribution in [0.25, 0.3) is 0 Å². The molecule has 0 aromatic carbocycles. The van der Waals surface area contributed by atoms with Gasteiger partial charge >= 0.3 is 6.18 Å². The fourth-order valence-corrected chi connectivity index (χ4v) is 2.18. The first-order valence-electron chi connectivity index (χ1n) is 7.08. The van der Waals surface area contributed by atoms with E-state index in [1.165, 1.54) is 11.0 Å². The van der Waals surface area contributed by atoms with E-state index in [1.54, 1.807) is 6.92 Å². The molecule has 3 nitrogen and oxygen atoms in total. The lowest BCUT2D eigenvalue weighted by Gasteiger charge is -2.26. The van der Waals surface area contributed by atoms with Crippen molar-refractivity contribution in [2.45, 2.75) is 44.9 Å². The molecule has 1 aromatic rings. The van der Waals surface area contributed by atoms with E-state index in [9.17, 15) is 17.6 Å². The van der Waals surface area contributed by atoms with E-state index in [4.69, 9.17) is 0 Å². The summed E-state index contributed by atoms with van der Waals surface area (Å²) >= 11 is 0. The third-order valence-electron chi connectivity index (χ3n) is 3.23. The van der Waals surface area contributed by atoms with Crippen molar-refractivity contribution < 1.29 is 17.6 Å². The molecule has 2 rings (SSSR count). The molecule has 1 fully saturated rings. The number of rotatable bonds is 7. The molecular formula is C14H19F4N3. The van der Waals surface area contributed by atoms with Gasteiger partial charge in [0.1, 0.15) is 18.2 Å². The molecule has 0 atom stereocenters. The third-order valence-corrected chi connectivity index (χ3v) is 3.23. The fraction of sp³-hybridized carbons (Fsp3) is 0.643. The maximum atomic E-state index is 13.3. The lowest BCUT2D eigenvalue weighted by atomic mass is 10.2. The summed E-state index contributed by atoms with van der Waals surface area (Å²) in [7, 11) is 0. The molecule has 0 amide bonds. The third kappa shape index (κ3) is 5.15. The quantitative estimate of drug-likeness (QED) is 0.784. The van der Waals surface area contributed by atoms with Crippen molar-refractivity contribution in [3.63, 3.8) is 0 Å². The zero-order chi connectivity index (χ0) is 15.5. The summed E-state index contributed by atoms with van der Waals surface area (Å²) in [5.74, 6) is -0.321. The van der Waals surface area contributed by atoms with E-state index in [2.05, 4.69) is 10.3 Å². The van der Waals surface area contributed by atoms with Crippen LogP contribution in [0.4, 0.5) is 23.4 Å². The van der Waals surface area contributed by atoms with Crippen molar-refractivity contribution in [1.82, 2.24) is 10.3 Å². The Balaban J connectivity index is 2.19. The van der Waals surface area contributed by atoms with Crippen LogP contribution in [0.3, 0.4) is 0 Å². The molecule has 1 heterocycles. The number of pyridine rings is 1. The summed E-state index contributed by atoms with van der Waals surface area (Å²) in [6.45, 7) is 1.29. The van der Waals surface area contributed by atoms with Gasteiger partial charge in [0.25, 0.3) is 0 Å². The normalized spacial score (nSPS) is 15.3. The molecule has 0 unspecified atom stereocenters. The highest BCUT2D eigenvalue weighted by molar-refractivity contribution is 5.47. The summed E-state index contributed by atoms with van der Waals surface area (Å²) in [6, 6.07) is 1.65. The Bertz CT molecular complexity index is 472. The van der Waals surface area contributed by atoms with Crippen molar-refractivity contribution in [1.29, 1.82) is 0 Å². The zero-order valence-corrected chi connectivity index (χ0v) is 11.9. The van der Waals surface area contributed by atoms with E-state index in [1.807, 2.05) is 0 Å². The van der Waals surface area contributed by atoms with Gasteiger partial charge in [0.15, 0.2) is 0 Å². The van der Waals surface area contributed by atoms with Crippen molar-refractivity contribution >= 4 is 5.82 Å². The summed E-state index contributed by atoms with van der Waals surface area (Å²) in [6.07, 6.45) is -0.676. The number of halogens is 4. The molecule has 21 heavy (non-hydrogen) atoms. The van der Waals surface area contributed by atoms with Crippen LogP contribution in [0.2, 0.25) is 0 Å². The van der Waals surface area contributed by atoms with Crippen LogP contribution < -0.4 is 10.2 Å². The first-order chi connectivity index (χ1) is 9.89. The number of hydrogen-bond donors (Lipinski definition) is 1. The molecule has 0 bridgehead atoms. The summed E-state index contributed by atoms with van der Waals surface area (Å²) in [4.78, 5) is 5.06. The van der Waals surface area contributed by atoms with Crippen molar-refractivity contribution in [2.24, 2.45) is 0 Å². The van der Waals surface area contributed by atoms with Gasteiger partial charge < -0.3 is 10.2 Å². The smallest absolute Gasteiger partial charge is 0.347 e. The van der Waals surface area contributed by atoms with Crippen LogP contribution in [0.5, 0.6) is 0 Å². The topological polar surface area (TPSA) is 28.2 Å². The Labute approximate surface area is 121 Å². The van der Waals surface area contributed by atoms with Crippen LogP contribution in [0, 0.1) is 5.82 Å². The minimum Gasteiger partial charge on any atom is -0.347 e. The highest BCUT2D eigenvalue weighted by atomic mass is 19.4. The number of nitrogens with zero attached hydrogens (tertiary/aromatic N) is 2. The van der Waals surface area contributed by atoms with Gasteiger partial charge in [-0.15, -0.1) is 0 Å². The maximum absolute atomic E-state index is 13.3. The molecule has 0 radical (unpaired) electrons. The summed E-state index contributed by atoms with van der Waals surface area (Å²) < 4.78 is 51.4. The molecule has 1 saturated carbocycles. The molecule has 7 heteroatoms. The van der Waals surface area contributed by atoms with E-state index >= 15 is 0 Å². The molecule has 1 aliphatic carbocycles. The number of nitrogens with one attached hydrogen (secondary N) is 1. The van der Waals surface area contributed by atoms with E-state index in [0.717, 1.165) is 19.0 Å². The second-order valence-electron chi connectivity index (χ2n) is 5.33. The van der Waals surface area contributed by atoms with E-state index in [-0.39, 0.29) is 12.4 Å². The molecule has 1 aliphatic rings. The van der Waals surface area contributed by atoms with Gasteiger partial charge in [0, 0.05) is 24.7 Å². The minimum absolute atomic E-state index is 0.212. The van der Waals surface area contributed by atoms with Gasteiger partial charge in [0.2, 0.25) is 0 Å². The second-order valence-corrected chi connectivity index (χ2v) is 5.33. The molecule has 0 spiro atoms. The Morgan fingerprint density at radius 3 is 2.67 bits per heavy atom. The molecule has 1 aromatic heterocycles. The largest absolute Gasteiger partial charge is 0.405 e. The first-order valence-corrected chi connectivity index (χ1v) is 7.08. The molecule has 1 N–H and O–H groups in total. The number of aromatic nitrogens is 1. The van der Waals surface area contributed by atoms with Crippen molar-refractivity contribution in [3.8, 4) is 0 Å². The van der Waals surface area contributed by atoms with Gasteiger partial charge in [0.05, 0.1) is 6.20 Å². The highest BCUT2D eigenvalue weighted by Crippen LogP contribution is 2.26. The SMILES string of the molecule is CCCN(CC(F)(F)F)c1ncc(F)cc1CNC1CC1. The van der Waals surface area contributed by atoms with Crippen molar-refractivity contribution in [2.75, 3.05) is 18.0 Å². The van der Waals surface area contributed by atoms with Gasteiger partial charge in [-0.25, -0.2) is 9.37 Å².